The smallest absolute Gasteiger partial charge is 0.335 e. The van der Waals surface area contributed by atoms with Gasteiger partial charge in [-0.15, -0.1) is 22.7 Å². The second-order valence-electron chi connectivity index (χ2n) is 7.29. The Labute approximate surface area is 200 Å². The fraction of sp³-hybridized carbons (Fsp3) is 0.238. The molecule has 0 bridgehead atoms. The molecule has 166 valence electrons. The molecular weight excluding hydrogens is 516 g/mol. The van der Waals surface area contributed by atoms with Crippen LogP contribution in [-0.2, 0) is 19.5 Å². The molecule has 32 heavy (non-hydrogen) atoms. The van der Waals surface area contributed by atoms with Crippen LogP contribution in [0.2, 0.25) is 0 Å². The van der Waals surface area contributed by atoms with Crippen molar-refractivity contribution in [1.82, 2.24) is 15.2 Å². The standard InChI is InChI=1S/C21H19BrN4O4S2/c1-26-7-6-13-16(10-26)32-20(25-13)19(28)24-14-8-11(21(29)30)2-3-12(14)9-23-18(27)15-4-5-17(22)31-15/h2-5,8H,6-7,9-10H2,1H3,(H,23,27)(H,24,28)(H,29,30). The quantitative estimate of drug-likeness (QED) is 0.443. The Balaban J connectivity index is 1.53. The predicted octanol–water partition coefficient (Wildman–Crippen LogP) is 3.84. The highest BCUT2D eigenvalue weighted by Crippen LogP contribution is 2.26. The summed E-state index contributed by atoms with van der Waals surface area (Å²) in [6.45, 7) is 1.77. The number of aromatic nitrogens is 1. The summed E-state index contributed by atoms with van der Waals surface area (Å²) in [6, 6.07) is 7.93. The van der Waals surface area contributed by atoms with Crippen molar-refractivity contribution in [1.29, 1.82) is 0 Å². The molecule has 8 nitrogen and oxygen atoms in total. The molecule has 0 aliphatic carbocycles. The third-order valence-corrected chi connectivity index (χ3v) is 7.66. The van der Waals surface area contributed by atoms with Crippen LogP contribution in [0.4, 0.5) is 5.69 Å². The van der Waals surface area contributed by atoms with E-state index in [1.807, 2.05) is 7.05 Å². The van der Waals surface area contributed by atoms with Crippen molar-refractivity contribution >= 4 is 62.1 Å². The van der Waals surface area contributed by atoms with Gasteiger partial charge >= 0.3 is 5.97 Å². The zero-order valence-electron chi connectivity index (χ0n) is 17.0. The van der Waals surface area contributed by atoms with Crippen molar-refractivity contribution in [3.8, 4) is 0 Å². The number of halogens is 1. The number of thiazole rings is 1. The Morgan fingerprint density at radius 2 is 2.00 bits per heavy atom. The third-order valence-electron chi connectivity index (χ3n) is 4.96. The summed E-state index contributed by atoms with van der Waals surface area (Å²) in [5.41, 5.74) is 1.89. The molecule has 0 spiro atoms. The van der Waals surface area contributed by atoms with E-state index in [0.717, 1.165) is 33.9 Å². The van der Waals surface area contributed by atoms with E-state index in [1.54, 1.807) is 18.2 Å². The SMILES string of the molecule is CN1CCc2nc(C(=O)Nc3cc(C(=O)O)ccc3CNC(=O)c3ccc(Br)s3)sc2C1. The van der Waals surface area contributed by atoms with Gasteiger partial charge in [0.1, 0.15) is 0 Å². The van der Waals surface area contributed by atoms with E-state index in [2.05, 4.69) is 36.4 Å². The topological polar surface area (TPSA) is 112 Å². The van der Waals surface area contributed by atoms with Gasteiger partial charge in [-0.3, -0.25) is 9.59 Å². The molecule has 0 radical (unpaired) electrons. The maximum absolute atomic E-state index is 12.9. The van der Waals surface area contributed by atoms with Gasteiger partial charge in [0.25, 0.3) is 11.8 Å². The average molecular weight is 535 g/mol. The lowest BCUT2D eigenvalue weighted by Crippen LogP contribution is -2.25. The molecule has 3 heterocycles. The lowest BCUT2D eigenvalue weighted by atomic mass is 10.1. The molecule has 0 unspecified atom stereocenters. The van der Waals surface area contributed by atoms with Gasteiger partial charge in [-0.25, -0.2) is 9.78 Å². The zero-order valence-corrected chi connectivity index (χ0v) is 20.2. The van der Waals surface area contributed by atoms with E-state index >= 15 is 0 Å². The Morgan fingerprint density at radius 3 is 2.72 bits per heavy atom. The number of nitrogens with one attached hydrogen (secondary N) is 2. The number of benzene rings is 1. The Morgan fingerprint density at radius 1 is 1.19 bits per heavy atom. The van der Waals surface area contributed by atoms with E-state index in [0.29, 0.717) is 21.1 Å². The number of carbonyl (C=O) groups is 3. The van der Waals surface area contributed by atoms with E-state index < -0.39 is 11.9 Å². The molecule has 0 fully saturated rings. The molecule has 0 saturated carbocycles. The maximum atomic E-state index is 12.9. The normalized spacial score (nSPS) is 13.4. The number of nitrogens with zero attached hydrogens (tertiary/aromatic N) is 2. The highest BCUT2D eigenvalue weighted by Gasteiger charge is 2.22. The van der Waals surface area contributed by atoms with E-state index in [4.69, 9.17) is 0 Å². The van der Waals surface area contributed by atoms with Crippen LogP contribution < -0.4 is 10.6 Å². The van der Waals surface area contributed by atoms with Gasteiger partial charge in [-0.05, 0) is 52.8 Å². The Bertz CT molecular complexity index is 1210. The molecule has 3 aromatic rings. The summed E-state index contributed by atoms with van der Waals surface area (Å²) in [4.78, 5) is 45.0. The monoisotopic (exact) mass is 534 g/mol. The number of hydrogen-bond donors (Lipinski definition) is 3. The van der Waals surface area contributed by atoms with Crippen molar-refractivity contribution in [2.75, 3.05) is 18.9 Å². The second-order valence-corrected chi connectivity index (χ2v) is 10.8. The van der Waals surface area contributed by atoms with Gasteiger partial charge < -0.3 is 20.6 Å². The summed E-state index contributed by atoms with van der Waals surface area (Å²) in [5.74, 6) is -1.76. The fourth-order valence-corrected chi connectivity index (χ4v) is 5.66. The molecule has 11 heteroatoms. The minimum Gasteiger partial charge on any atom is -0.478 e. The first-order valence-corrected chi connectivity index (χ1v) is 12.1. The number of hydrogen-bond acceptors (Lipinski definition) is 7. The number of thiophene rings is 1. The molecule has 2 amide bonds. The van der Waals surface area contributed by atoms with Crippen LogP contribution in [-0.4, -0.2) is 46.4 Å². The largest absolute Gasteiger partial charge is 0.478 e. The van der Waals surface area contributed by atoms with Gasteiger partial charge in [0.05, 0.1) is 19.9 Å². The molecule has 0 saturated heterocycles. The van der Waals surface area contributed by atoms with Crippen LogP contribution >= 0.6 is 38.6 Å². The van der Waals surface area contributed by atoms with Gasteiger partial charge in [-0.2, -0.15) is 0 Å². The summed E-state index contributed by atoms with van der Waals surface area (Å²) < 4.78 is 0.846. The highest BCUT2D eigenvalue weighted by molar-refractivity contribution is 9.11. The summed E-state index contributed by atoms with van der Waals surface area (Å²) in [6.07, 6.45) is 0.792. The van der Waals surface area contributed by atoms with Crippen molar-refractivity contribution in [2.24, 2.45) is 0 Å². The number of rotatable bonds is 6. The summed E-state index contributed by atoms with van der Waals surface area (Å²) >= 11 is 5.99. The molecule has 4 rings (SSSR count). The number of likely N-dealkylation sites (N-methyl/N-ethyl adjacent to an activating group) is 1. The number of amides is 2. The van der Waals surface area contributed by atoms with Gasteiger partial charge in [0, 0.05) is 36.6 Å². The summed E-state index contributed by atoms with van der Waals surface area (Å²) in [7, 11) is 2.02. The second kappa shape index (κ2) is 9.49. The fourth-order valence-electron chi connectivity index (χ4n) is 3.28. The van der Waals surface area contributed by atoms with Crippen LogP contribution in [0.1, 0.15) is 46.0 Å². The molecular formula is C21H19BrN4O4S2. The first-order chi connectivity index (χ1) is 15.3. The van der Waals surface area contributed by atoms with Gasteiger partial charge in [0.2, 0.25) is 0 Å². The molecule has 0 atom stereocenters. The molecule has 1 aliphatic rings. The van der Waals surface area contributed by atoms with Crippen molar-refractivity contribution in [2.45, 2.75) is 19.5 Å². The highest BCUT2D eigenvalue weighted by atomic mass is 79.9. The minimum absolute atomic E-state index is 0.0395. The maximum Gasteiger partial charge on any atom is 0.335 e. The van der Waals surface area contributed by atoms with Crippen LogP contribution in [0.15, 0.2) is 34.1 Å². The minimum atomic E-state index is -1.10. The third kappa shape index (κ3) is 5.07. The first-order valence-electron chi connectivity index (χ1n) is 9.68. The Hall–Kier alpha value is -2.60. The van der Waals surface area contributed by atoms with E-state index in [1.165, 1.54) is 34.8 Å². The van der Waals surface area contributed by atoms with E-state index in [9.17, 15) is 19.5 Å². The van der Waals surface area contributed by atoms with Crippen molar-refractivity contribution in [3.05, 3.63) is 65.7 Å². The molecule has 1 aromatic carbocycles. The van der Waals surface area contributed by atoms with Crippen molar-refractivity contribution in [3.63, 3.8) is 0 Å². The van der Waals surface area contributed by atoms with Crippen molar-refractivity contribution < 1.29 is 19.5 Å². The van der Waals surface area contributed by atoms with E-state index in [-0.39, 0.29) is 18.0 Å². The first kappa shape index (κ1) is 22.6. The van der Waals surface area contributed by atoms with Gasteiger partial charge in [-0.1, -0.05) is 6.07 Å². The number of anilines is 1. The lowest BCUT2D eigenvalue weighted by molar-refractivity contribution is 0.0696. The lowest BCUT2D eigenvalue weighted by Gasteiger charge is -2.20. The predicted molar refractivity (Wildman–Crippen MR) is 127 cm³/mol. The van der Waals surface area contributed by atoms with Crippen LogP contribution in [0.3, 0.4) is 0 Å². The Kier molecular flexibility index (Phi) is 6.70. The average Bonchev–Trinajstić information content (AvgIpc) is 3.38. The zero-order chi connectivity index (χ0) is 22.8. The number of carboxylic acid groups (broad SMARTS) is 1. The van der Waals surface area contributed by atoms with Crippen LogP contribution in [0.5, 0.6) is 0 Å². The molecule has 2 aromatic heterocycles. The number of fused-ring (bicyclic) bond motifs is 1. The molecule has 3 N–H and O–H groups in total. The number of aromatic carboxylic acids is 1. The van der Waals surface area contributed by atoms with Gasteiger partial charge in [0.15, 0.2) is 5.01 Å². The van der Waals surface area contributed by atoms with Crippen LogP contribution in [0, 0.1) is 0 Å². The number of carboxylic acids is 1. The summed E-state index contributed by atoms with van der Waals surface area (Å²) in [5, 5.41) is 15.3. The van der Waals surface area contributed by atoms with Crippen LogP contribution in [0.25, 0.3) is 0 Å². The molecule has 1 aliphatic heterocycles. The number of carbonyl (C=O) groups excluding carboxylic acids is 2.